The van der Waals surface area contributed by atoms with E-state index < -0.39 is 12.7 Å². The van der Waals surface area contributed by atoms with Crippen LogP contribution in [0, 0.1) is 0 Å². The van der Waals surface area contributed by atoms with E-state index in [9.17, 15) is 18.0 Å². The zero-order valence-electron chi connectivity index (χ0n) is 10.1. The second-order valence-corrected chi connectivity index (χ2v) is 3.97. The van der Waals surface area contributed by atoms with Crippen LogP contribution < -0.4 is 5.32 Å². The van der Waals surface area contributed by atoms with Crippen LogP contribution in [0.4, 0.5) is 13.2 Å². The van der Waals surface area contributed by atoms with Gasteiger partial charge in [0.2, 0.25) is 0 Å². The number of carbonyl (C=O) groups excluding carboxylic acids is 1. The van der Waals surface area contributed by atoms with Crippen molar-refractivity contribution in [2.45, 2.75) is 32.5 Å². The minimum Gasteiger partial charge on any atom is -0.335 e. The Bertz CT molecular complexity index is 387. The molecule has 0 bridgehead atoms. The summed E-state index contributed by atoms with van der Waals surface area (Å²) < 4.78 is 37.4. The van der Waals surface area contributed by atoms with Crippen LogP contribution in [0.25, 0.3) is 0 Å². The molecule has 1 aromatic rings. The first-order chi connectivity index (χ1) is 8.42. The molecule has 1 rings (SSSR count). The molecule has 0 aliphatic heterocycles. The number of ketones is 1. The standard InChI is InChI=1S/C11H16F3N3O/c1-2-4-17-5-3-16-10(17)6-9(18)7-15-8-11(12,13)14/h3,5,15H,2,4,6-8H2,1H3. The van der Waals surface area contributed by atoms with Crippen LogP contribution in [0.3, 0.4) is 0 Å². The van der Waals surface area contributed by atoms with Crippen molar-refractivity contribution >= 4 is 5.78 Å². The summed E-state index contributed by atoms with van der Waals surface area (Å²) in [6, 6.07) is 0. The maximum Gasteiger partial charge on any atom is 0.401 e. The Balaban J connectivity index is 2.37. The lowest BCUT2D eigenvalue weighted by Gasteiger charge is -2.08. The number of hydrogen-bond donors (Lipinski definition) is 1. The van der Waals surface area contributed by atoms with Gasteiger partial charge >= 0.3 is 6.18 Å². The summed E-state index contributed by atoms with van der Waals surface area (Å²) in [5.41, 5.74) is 0. The van der Waals surface area contributed by atoms with E-state index >= 15 is 0 Å². The van der Waals surface area contributed by atoms with Gasteiger partial charge in [0, 0.05) is 18.9 Å². The second kappa shape index (κ2) is 6.53. The molecule has 18 heavy (non-hydrogen) atoms. The Kier molecular flexibility index (Phi) is 5.33. The number of aryl methyl sites for hydroxylation is 1. The zero-order chi connectivity index (χ0) is 13.6. The van der Waals surface area contributed by atoms with E-state index in [-0.39, 0.29) is 18.7 Å². The molecule has 7 heteroatoms. The topological polar surface area (TPSA) is 46.9 Å². The van der Waals surface area contributed by atoms with E-state index in [1.165, 1.54) is 0 Å². The molecule has 0 unspecified atom stereocenters. The fourth-order valence-corrected chi connectivity index (χ4v) is 1.53. The summed E-state index contributed by atoms with van der Waals surface area (Å²) in [4.78, 5) is 15.5. The lowest BCUT2D eigenvalue weighted by molar-refractivity contribution is -0.127. The van der Waals surface area contributed by atoms with Gasteiger partial charge in [-0.3, -0.25) is 4.79 Å². The molecule has 0 spiro atoms. The van der Waals surface area contributed by atoms with Crippen molar-refractivity contribution in [2.24, 2.45) is 0 Å². The van der Waals surface area contributed by atoms with Crippen LogP contribution in [0.5, 0.6) is 0 Å². The average Bonchev–Trinajstić information content (AvgIpc) is 2.64. The molecule has 0 atom stereocenters. The van der Waals surface area contributed by atoms with Crippen molar-refractivity contribution in [1.29, 1.82) is 0 Å². The van der Waals surface area contributed by atoms with Gasteiger partial charge in [0.05, 0.1) is 19.5 Å². The number of aromatic nitrogens is 2. The number of imidazole rings is 1. The van der Waals surface area contributed by atoms with Gasteiger partial charge in [-0.25, -0.2) is 4.98 Å². The van der Waals surface area contributed by atoms with Crippen molar-refractivity contribution in [2.75, 3.05) is 13.1 Å². The zero-order valence-corrected chi connectivity index (χ0v) is 10.1. The molecule has 0 aliphatic carbocycles. The smallest absolute Gasteiger partial charge is 0.335 e. The van der Waals surface area contributed by atoms with Crippen molar-refractivity contribution in [3.05, 3.63) is 18.2 Å². The minimum atomic E-state index is -4.29. The third-order valence-corrected chi connectivity index (χ3v) is 2.27. The molecule has 0 amide bonds. The SMILES string of the molecule is CCCn1ccnc1CC(=O)CNCC(F)(F)F. The molecule has 0 fully saturated rings. The summed E-state index contributed by atoms with van der Waals surface area (Å²) in [6.07, 6.45) is 0.0133. The lowest BCUT2D eigenvalue weighted by atomic mass is 10.2. The first-order valence-corrected chi connectivity index (χ1v) is 5.71. The molecule has 1 heterocycles. The molecule has 0 aliphatic rings. The van der Waals surface area contributed by atoms with Gasteiger partial charge in [0.1, 0.15) is 5.82 Å². The van der Waals surface area contributed by atoms with E-state index in [1.807, 2.05) is 11.5 Å². The number of carbonyl (C=O) groups is 1. The van der Waals surface area contributed by atoms with Crippen molar-refractivity contribution in [3.63, 3.8) is 0 Å². The molecular weight excluding hydrogens is 247 g/mol. The fourth-order valence-electron chi connectivity index (χ4n) is 1.53. The summed E-state index contributed by atoms with van der Waals surface area (Å²) in [6.45, 7) is 1.30. The normalized spacial score (nSPS) is 11.8. The van der Waals surface area contributed by atoms with Crippen LogP contribution in [-0.4, -0.2) is 34.6 Å². The molecule has 0 radical (unpaired) electrons. The maximum absolute atomic E-state index is 11.9. The highest BCUT2D eigenvalue weighted by Gasteiger charge is 2.26. The minimum absolute atomic E-state index is 0.0534. The van der Waals surface area contributed by atoms with Crippen LogP contribution in [-0.2, 0) is 17.8 Å². The Morgan fingerprint density at radius 2 is 2.22 bits per heavy atom. The first-order valence-electron chi connectivity index (χ1n) is 5.71. The second-order valence-electron chi connectivity index (χ2n) is 3.97. The van der Waals surface area contributed by atoms with E-state index in [0.717, 1.165) is 13.0 Å². The highest BCUT2D eigenvalue weighted by Crippen LogP contribution is 2.11. The number of nitrogens with zero attached hydrogens (tertiary/aromatic N) is 2. The van der Waals surface area contributed by atoms with Gasteiger partial charge in [-0.1, -0.05) is 6.92 Å². The highest BCUT2D eigenvalue weighted by molar-refractivity contribution is 5.82. The Labute approximate surface area is 103 Å². The largest absolute Gasteiger partial charge is 0.401 e. The summed E-state index contributed by atoms with van der Waals surface area (Å²) in [5, 5.41) is 2.08. The van der Waals surface area contributed by atoms with Gasteiger partial charge in [0.15, 0.2) is 5.78 Å². The number of rotatable bonds is 7. The molecule has 0 saturated carbocycles. The predicted molar refractivity (Wildman–Crippen MR) is 60.2 cm³/mol. The van der Waals surface area contributed by atoms with Crippen LogP contribution in [0.1, 0.15) is 19.2 Å². The van der Waals surface area contributed by atoms with Gasteiger partial charge in [0.25, 0.3) is 0 Å². The van der Waals surface area contributed by atoms with Gasteiger partial charge < -0.3 is 9.88 Å². The Morgan fingerprint density at radius 1 is 1.50 bits per heavy atom. The molecule has 1 N–H and O–H groups in total. The number of halogens is 3. The highest BCUT2D eigenvalue weighted by atomic mass is 19.4. The summed E-state index contributed by atoms with van der Waals surface area (Å²) in [5.74, 6) is 0.290. The molecule has 4 nitrogen and oxygen atoms in total. The molecule has 1 aromatic heterocycles. The van der Waals surface area contributed by atoms with Crippen LogP contribution in [0.2, 0.25) is 0 Å². The van der Waals surface area contributed by atoms with Crippen molar-refractivity contribution < 1.29 is 18.0 Å². The summed E-state index contributed by atoms with van der Waals surface area (Å²) in [7, 11) is 0. The summed E-state index contributed by atoms with van der Waals surface area (Å²) >= 11 is 0. The average molecular weight is 263 g/mol. The molecular formula is C11H16F3N3O. The van der Waals surface area contributed by atoms with E-state index in [0.29, 0.717) is 5.82 Å². The van der Waals surface area contributed by atoms with Gasteiger partial charge in [-0.15, -0.1) is 0 Å². The third kappa shape index (κ3) is 5.31. The van der Waals surface area contributed by atoms with Crippen LogP contribution >= 0.6 is 0 Å². The monoisotopic (exact) mass is 263 g/mol. The Hall–Kier alpha value is -1.37. The van der Waals surface area contributed by atoms with Gasteiger partial charge in [-0.05, 0) is 6.42 Å². The molecule has 102 valence electrons. The Morgan fingerprint density at radius 3 is 2.83 bits per heavy atom. The number of hydrogen-bond acceptors (Lipinski definition) is 3. The van der Waals surface area contributed by atoms with E-state index in [1.54, 1.807) is 12.4 Å². The maximum atomic E-state index is 11.9. The number of alkyl halides is 3. The quantitative estimate of drug-likeness (QED) is 0.812. The number of Topliss-reactive ketones (excluding diaryl/α,β-unsaturated/α-hetero) is 1. The molecule has 0 aromatic carbocycles. The first kappa shape index (κ1) is 14.7. The van der Waals surface area contributed by atoms with Crippen molar-refractivity contribution in [3.8, 4) is 0 Å². The van der Waals surface area contributed by atoms with Crippen LogP contribution in [0.15, 0.2) is 12.4 Å². The fraction of sp³-hybridized carbons (Fsp3) is 0.636. The van der Waals surface area contributed by atoms with Gasteiger partial charge in [-0.2, -0.15) is 13.2 Å². The lowest BCUT2D eigenvalue weighted by Crippen LogP contribution is -2.33. The number of nitrogens with one attached hydrogen (secondary N) is 1. The predicted octanol–water partition coefficient (Wildman–Crippen LogP) is 1.56. The van der Waals surface area contributed by atoms with E-state index in [2.05, 4.69) is 10.3 Å². The van der Waals surface area contributed by atoms with E-state index in [4.69, 9.17) is 0 Å². The molecule has 0 saturated heterocycles. The third-order valence-electron chi connectivity index (χ3n) is 2.27. The van der Waals surface area contributed by atoms with Crippen molar-refractivity contribution in [1.82, 2.24) is 14.9 Å².